The first-order chi connectivity index (χ1) is 15.9. The SMILES string of the molecule is Cc1cccc(Cl)c1Cc1cc(Cl)c(O)c(/C=N\Nc2ncc(F)c(N3CCOCC3)n2)c1. The lowest BCUT2D eigenvalue weighted by Gasteiger charge is -2.27. The second-order valence-corrected chi connectivity index (χ2v) is 8.38. The van der Waals surface area contributed by atoms with Gasteiger partial charge in [-0.2, -0.15) is 10.1 Å². The van der Waals surface area contributed by atoms with Crippen LogP contribution in [-0.4, -0.2) is 47.6 Å². The smallest absolute Gasteiger partial charge is 0.245 e. The number of hydrogen-bond acceptors (Lipinski definition) is 7. The van der Waals surface area contributed by atoms with E-state index < -0.39 is 5.82 Å². The van der Waals surface area contributed by atoms with Gasteiger partial charge in [0.25, 0.3) is 0 Å². The molecule has 172 valence electrons. The van der Waals surface area contributed by atoms with Gasteiger partial charge in [-0.3, -0.25) is 0 Å². The number of rotatable bonds is 6. The van der Waals surface area contributed by atoms with Crippen LogP contribution in [0.3, 0.4) is 0 Å². The lowest BCUT2D eigenvalue weighted by molar-refractivity contribution is 0.122. The van der Waals surface area contributed by atoms with E-state index in [0.717, 1.165) is 22.9 Å². The second kappa shape index (κ2) is 10.3. The van der Waals surface area contributed by atoms with Crippen LogP contribution in [0.25, 0.3) is 0 Å². The van der Waals surface area contributed by atoms with Gasteiger partial charge in [-0.05, 0) is 48.2 Å². The maximum absolute atomic E-state index is 14.2. The summed E-state index contributed by atoms with van der Waals surface area (Å²) in [5.41, 5.74) is 6.00. The Morgan fingerprint density at radius 2 is 2.03 bits per heavy atom. The van der Waals surface area contributed by atoms with Crippen molar-refractivity contribution in [3.8, 4) is 5.75 Å². The minimum absolute atomic E-state index is 0.101. The number of anilines is 2. The highest BCUT2D eigenvalue weighted by Gasteiger charge is 2.18. The predicted molar refractivity (Wildman–Crippen MR) is 128 cm³/mol. The van der Waals surface area contributed by atoms with E-state index >= 15 is 0 Å². The fourth-order valence-corrected chi connectivity index (χ4v) is 4.08. The van der Waals surface area contributed by atoms with Gasteiger partial charge < -0.3 is 14.7 Å². The quantitative estimate of drug-likeness (QED) is 0.381. The summed E-state index contributed by atoms with van der Waals surface area (Å²) in [7, 11) is 0. The Hall–Kier alpha value is -2.94. The number of aromatic nitrogens is 2. The molecule has 0 amide bonds. The van der Waals surface area contributed by atoms with Crippen LogP contribution < -0.4 is 10.3 Å². The summed E-state index contributed by atoms with van der Waals surface area (Å²) in [5, 5.41) is 15.3. The number of halogens is 3. The molecule has 1 fully saturated rings. The van der Waals surface area contributed by atoms with Crippen molar-refractivity contribution in [2.45, 2.75) is 13.3 Å². The summed E-state index contributed by atoms with van der Waals surface area (Å²) in [6.07, 6.45) is 3.05. The van der Waals surface area contributed by atoms with Gasteiger partial charge in [-0.15, -0.1) is 0 Å². The van der Waals surface area contributed by atoms with Crippen LogP contribution >= 0.6 is 23.2 Å². The van der Waals surface area contributed by atoms with E-state index in [1.807, 2.05) is 25.1 Å². The van der Waals surface area contributed by atoms with Crippen LogP contribution in [0.1, 0.15) is 22.3 Å². The summed E-state index contributed by atoms with van der Waals surface area (Å²) in [5.74, 6) is -0.300. The largest absolute Gasteiger partial charge is 0.506 e. The maximum Gasteiger partial charge on any atom is 0.245 e. The van der Waals surface area contributed by atoms with E-state index in [4.69, 9.17) is 27.9 Å². The van der Waals surface area contributed by atoms with Gasteiger partial charge >= 0.3 is 0 Å². The number of nitrogens with zero attached hydrogens (tertiary/aromatic N) is 4. The molecular formula is C23H22Cl2FN5O2. The number of nitrogens with one attached hydrogen (secondary N) is 1. The fourth-order valence-electron chi connectivity index (χ4n) is 3.54. The zero-order valence-electron chi connectivity index (χ0n) is 17.9. The molecule has 0 bridgehead atoms. The standard InChI is InChI=1S/C23H22Cl2FN5O2/c1-14-3-2-4-18(24)17(14)10-15-9-16(21(32)19(25)11-15)12-28-30-23-27-13-20(26)22(29-23)31-5-7-33-8-6-31/h2-4,9,11-13,32H,5-8,10H2,1H3,(H,27,29,30)/b28-12-. The van der Waals surface area contributed by atoms with Crippen LogP contribution in [0.2, 0.25) is 10.0 Å². The van der Waals surface area contributed by atoms with Crippen molar-refractivity contribution in [1.29, 1.82) is 0 Å². The number of hydrazone groups is 1. The van der Waals surface area contributed by atoms with Crippen molar-refractivity contribution in [3.05, 3.63) is 74.6 Å². The Labute approximate surface area is 200 Å². The molecule has 0 atom stereocenters. The molecule has 7 nitrogen and oxygen atoms in total. The van der Waals surface area contributed by atoms with Crippen molar-refractivity contribution in [2.75, 3.05) is 36.6 Å². The van der Waals surface area contributed by atoms with Crippen molar-refractivity contribution in [1.82, 2.24) is 9.97 Å². The Bertz CT molecular complexity index is 1170. The molecule has 1 aromatic heterocycles. The third-order valence-electron chi connectivity index (χ3n) is 5.29. The van der Waals surface area contributed by atoms with Crippen molar-refractivity contribution >= 4 is 41.2 Å². The minimum Gasteiger partial charge on any atom is -0.506 e. The molecule has 0 radical (unpaired) electrons. The lowest BCUT2D eigenvalue weighted by atomic mass is 9.99. The van der Waals surface area contributed by atoms with E-state index in [9.17, 15) is 9.50 Å². The highest BCUT2D eigenvalue weighted by molar-refractivity contribution is 6.32. The number of hydrogen-bond donors (Lipinski definition) is 2. The van der Waals surface area contributed by atoms with Gasteiger partial charge in [-0.1, -0.05) is 35.3 Å². The number of aryl methyl sites for hydroxylation is 1. The van der Waals surface area contributed by atoms with Crippen LogP contribution in [0.15, 0.2) is 41.6 Å². The van der Waals surface area contributed by atoms with E-state index in [2.05, 4.69) is 20.5 Å². The lowest BCUT2D eigenvalue weighted by Crippen LogP contribution is -2.37. The Balaban J connectivity index is 1.52. The van der Waals surface area contributed by atoms with Gasteiger partial charge in [0.05, 0.1) is 30.6 Å². The minimum atomic E-state index is -0.515. The predicted octanol–water partition coefficient (Wildman–Crippen LogP) is 4.81. The zero-order valence-corrected chi connectivity index (χ0v) is 19.4. The number of aromatic hydroxyl groups is 1. The van der Waals surface area contributed by atoms with E-state index in [1.54, 1.807) is 17.0 Å². The normalized spacial score (nSPS) is 14.1. The van der Waals surface area contributed by atoms with Gasteiger partial charge in [-0.25, -0.2) is 14.8 Å². The van der Waals surface area contributed by atoms with Crippen molar-refractivity contribution < 1.29 is 14.2 Å². The number of phenolic OH excluding ortho intramolecular Hbond substituents is 1. The highest BCUT2D eigenvalue weighted by Crippen LogP contribution is 2.31. The van der Waals surface area contributed by atoms with Crippen LogP contribution in [0.4, 0.5) is 16.2 Å². The number of phenols is 1. The summed E-state index contributed by atoms with van der Waals surface area (Å²) in [6.45, 7) is 4.09. The van der Waals surface area contributed by atoms with Crippen LogP contribution in [-0.2, 0) is 11.2 Å². The van der Waals surface area contributed by atoms with Crippen molar-refractivity contribution in [3.63, 3.8) is 0 Å². The first-order valence-corrected chi connectivity index (χ1v) is 11.1. The molecule has 0 saturated carbocycles. The molecule has 33 heavy (non-hydrogen) atoms. The Morgan fingerprint density at radius 3 is 2.79 bits per heavy atom. The van der Waals surface area contributed by atoms with Gasteiger partial charge in [0.15, 0.2) is 11.6 Å². The summed E-state index contributed by atoms with van der Waals surface area (Å²) < 4.78 is 19.5. The van der Waals surface area contributed by atoms with E-state index in [1.165, 1.54) is 6.21 Å². The molecule has 10 heteroatoms. The first-order valence-electron chi connectivity index (χ1n) is 10.3. The fraction of sp³-hybridized carbons (Fsp3) is 0.261. The zero-order chi connectivity index (χ0) is 23.4. The molecule has 1 aliphatic rings. The Kier molecular flexibility index (Phi) is 7.27. The summed E-state index contributed by atoms with van der Waals surface area (Å²) >= 11 is 12.6. The van der Waals surface area contributed by atoms with Gasteiger partial charge in [0, 0.05) is 23.7 Å². The molecule has 0 unspecified atom stereocenters. The Morgan fingerprint density at radius 1 is 1.24 bits per heavy atom. The number of benzene rings is 2. The molecule has 2 aromatic carbocycles. The third-order valence-corrected chi connectivity index (χ3v) is 5.93. The average molecular weight is 490 g/mol. The molecule has 1 saturated heterocycles. The molecule has 1 aliphatic heterocycles. The topological polar surface area (TPSA) is 82.9 Å². The monoisotopic (exact) mass is 489 g/mol. The number of morpholine rings is 1. The molecule has 4 rings (SSSR count). The average Bonchev–Trinajstić information content (AvgIpc) is 2.81. The van der Waals surface area contributed by atoms with Crippen molar-refractivity contribution in [2.24, 2.45) is 5.10 Å². The highest BCUT2D eigenvalue weighted by atomic mass is 35.5. The van der Waals surface area contributed by atoms with Crippen LogP contribution in [0.5, 0.6) is 5.75 Å². The summed E-state index contributed by atoms with van der Waals surface area (Å²) in [4.78, 5) is 9.93. The van der Waals surface area contributed by atoms with Crippen LogP contribution in [0, 0.1) is 12.7 Å². The molecule has 2 heterocycles. The van der Waals surface area contributed by atoms with E-state index in [0.29, 0.717) is 43.3 Å². The molecule has 0 aliphatic carbocycles. The third kappa shape index (κ3) is 5.52. The molecule has 0 spiro atoms. The maximum atomic E-state index is 14.2. The number of ether oxygens (including phenoxy) is 1. The van der Waals surface area contributed by atoms with Gasteiger partial charge in [0.2, 0.25) is 5.95 Å². The summed E-state index contributed by atoms with van der Waals surface area (Å²) in [6, 6.07) is 9.20. The van der Waals surface area contributed by atoms with Gasteiger partial charge in [0.1, 0.15) is 5.75 Å². The molecule has 3 aromatic rings. The first kappa shape index (κ1) is 23.2. The van der Waals surface area contributed by atoms with E-state index in [-0.39, 0.29) is 22.5 Å². The second-order valence-electron chi connectivity index (χ2n) is 7.56. The molecule has 2 N–H and O–H groups in total. The molecular weight excluding hydrogens is 468 g/mol.